The van der Waals surface area contributed by atoms with Gasteiger partial charge in [-0.15, -0.1) is 0 Å². The zero-order chi connectivity index (χ0) is 14.8. The summed E-state index contributed by atoms with van der Waals surface area (Å²) in [5, 5.41) is 14.1. The number of nitrogens with zero attached hydrogens (tertiary/aromatic N) is 2. The van der Waals surface area contributed by atoms with E-state index in [0.717, 1.165) is 11.1 Å². The zero-order valence-electron chi connectivity index (χ0n) is 10.9. The van der Waals surface area contributed by atoms with Crippen LogP contribution in [-0.2, 0) is 0 Å². The molecule has 5 heteroatoms. The summed E-state index contributed by atoms with van der Waals surface area (Å²) in [6, 6.07) is 14.2. The fourth-order valence-corrected chi connectivity index (χ4v) is 2.23. The smallest absolute Gasteiger partial charge is 0.337 e. The van der Waals surface area contributed by atoms with E-state index in [-0.39, 0.29) is 5.56 Å². The Labute approximate surface area is 126 Å². The molecule has 0 unspecified atom stereocenters. The highest BCUT2D eigenvalue weighted by Crippen LogP contribution is 2.23. The molecule has 0 radical (unpaired) electrons. The summed E-state index contributed by atoms with van der Waals surface area (Å²) in [7, 11) is 0. The fraction of sp³-hybridized carbons (Fsp3) is 0. The molecule has 104 valence electrons. The van der Waals surface area contributed by atoms with Crippen molar-refractivity contribution in [3.05, 3.63) is 71.5 Å². The quantitative estimate of drug-likeness (QED) is 0.798. The third kappa shape index (κ3) is 2.66. The van der Waals surface area contributed by atoms with Gasteiger partial charge in [-0.25, -0.2) is 9.48 Å². The second kappa shape index (κ2) is 5.42. The SMILES string of the molecule is O=C(O)c1ccccc1-n1cc(-c2ccc(Cl)cc2)cn1. The second-order valence-corrected chi connectivity index (χ2v) is 4.94. The molecule has 1 heterocycles. The lowest BCUT2D eigenvalue weighted by molar-refractivity contribution is 0.0696. The van der Waals surface area contributed by atoms with Crippen molar-refractivity contribution in [3.63, 3.8) is 0 Å². The lowest BCUT2D eigenvalue weighted by atomic mass is 10.1. The van der Waals surface area contributed by atoms with Gasteiger partial charge in [-0.2, -0.15) is 5.10 Å². The summed E-state index contributed by atoms with van der Waals surface area (Å²) in [5.41, 5.74) is 2.61. The van der Waals surface area contributed by atoms with Crippen molar-refractivity contribution >= 4 is 17.6 Å². The molecule has 1 aromatic heterocycles. The molecule has 3 rings (SSSR count). The molecule has 0 fully saturated rings. The van der Waals surface area contributed by atoms with Gasteiger partial charge in [0.1, 0.15) is 0 Å². The van der Waals surface area contributed by atoms with Crippen molar-refractivity contribution in [3.8, 4) is 16.8 Å². The number of hydrogen-bond acceptors (Lipinski definition) is 2. The van der Waals surface area contributed by atoms with Gasteiger partial charge in [0.2, 0.25) is 0 Å². The lowest BCUT2D eigenvalue weighted by Crippen LogP contribution is -2.05. The van der Waals surface area contributed by atoms with E-state index in [1.54, 1.807) is 53.5 Å². The first-order valence-corrected chi connectivity index (χ1v) is 6.66. The van der Waals surface area contributed by atoms with Gasteiger partial charge in [-0.3, -0.25) is 0 Å². The van der Waals surface area contributed by atoms with E-state index in [4.69, 9.17) is 11.6 Å². The van der Waals surface area contributed by atoms with Gasteiger partial charge in [0.25, 0.3) is 0 Å². The Balaban J connectivity index is 2.03. The van der Waals surface area contributed by atoms with Gasteiger partial charge in [-0.05, 0) is 29.8 Å². The number of aromatic nitrogens is 2. The molecule has 3 aromatic rings. The van der Waals surface area contributed by atoms with E-state index >= 15 is 0 Å². The van der Waals surface area contributed by atoms with Crippen LogP contribution in [0.15, 0.2) is 60.9 Å². The molecule has 1 N–H and O–H groups in total. The van der Waals surface area contributed by atoms with Crippen LogP contribution in [0.3, 0.4) is 0 Å². The normalized spacial score (nSPS) is 10.5. The third-order valence-corrected chi connectivity index (χ3v) is 3.39. The molecule has 0 spiro atoms. The molecule has 0 atom stereocenters. The molecule has 0 saturated heterocycles. The molecule has 0 aliphatic carbocycles. The number of carboxylic acids is 1. The average molecular weight is 299 g/mol. The Hall–Kier alpha value is -2.59. The number of aromatic carboxylic acids is 1. The van der Waals surface area contributed by atoms with Crippen LogP contribution in [0.5, 0.6) is 0 Å². The highest BCUT2D eigenvalue weighted by Gasteiger charge is 2.12. The maximum absolute atomic E-state index is 11.3. The van der Waals surface area contributed by atoms with Crippen LogP contribution in [0, 0.1) is 0 Å². The molecular weight excluding hydrogens is 288 g/mol. The van der Waals surface area contributed by atoms with Crippen molar-refractivity contribution < 1.29 is 9.90 Å². The number of para-hydroxylation sites is 1. The largest absolute Gasteiger partial charge is 0.478 e. The number of halogens is 1. The summed E-state index contributed by atoms with van der Waals surface area (Å²) in [4.78, 5) is 11.3. The predicted molar refractivity (Wildman–Crippen MR) is 81.0 cm³/mol. The fourth-order valence-electron chi connectivity index (χ4n) is 2.10. The molecule has 0 aliphatic heterocycles. The molecule has 0 bridgehead atoms. The maximum Gasteiger partial charge on any atom is 0.337 e. The van der Waals surface area contributed by atoms with Crippen molar-refractivity contribution in [1.29, 1.82) is 0 Å². The molecule has 0 saturated carbocycles. The van der Waals surface area contributed by atoms with Gasteiger partial charge in [-0.1, -0.05) is 35.9 Å². The van der Waals surface area contributed by atoms with Crippen LogP contribution in [0.1, 0.15) is 10.4 Å². The van der Waals surface area contributed by atoms with Crippen LogP contribution < -0.4 is 0 Å². The predicted octanol–water partition coefficient (Wildman–Crippen LogP) is 3.89. The maximum atomic E-state index is 11.3. The van der Waals surface area contributed by atoms with Gasteiger partial charge in [0, 0.05) is 16.8 Å². The molecule has 4 nitrogen and oxygen atoms in total. The van der Waals surface area contributed by atoms with E-state index in [1.807, 2.05) is 12.1 Å². The third-order valence-electron chi connectivity index (χ3n) is 3.14. The van der Waals surface area contributed by atoms with Crippen molar-refractivity contribution in [2.45, 2.75) is 0 Å². The highest BCUT2D eigenvalue weighted by atomic mass is 35.5. The van der Waals surface area contributed by atoms with Crippen LogP contribution >= 0.6 is 11.6 Å². The number of rotatable bonds is 3. The summed E-state index contributed by atoms with van der Waals surface area (Å²) >= 11 is 5.87. The number of hydrogen-bond donors (Lipinski definition) is 1. The van der Waals surface area contributed by atoms with E-state index in [2.05, 4.69) is 5.10 Å². The van der Waals surface area contributed by atoms with Gasteiger partial charge >= 0.3 is 5.97 Å². The zero-order valence-corrected chi connectivity index (χ0v) is 11.7. The minimum absolute atomic E-state index is 0.211. The summed E-state index contributed by atoms with van der Waals surface area (Å²) in [5.74, 6) is -0.978. The standard InChI is InChI=1S/C16H11ClN2O2/c17-13-7-5-11(6-8-13)12-9-18-19(10-12)15-4-2-1-3-14(15)16(20)21/h1-10H,(H,20,21). The minimum Gasteiger partial charge on any atom is -0.478 e. The Morgan fingerprint density at radius 1 is 1.05 bits per heavy atom. The topological polar surface area (TPSA) is 55.1 Å². The number of carbonyl (C=O) groups is 1. The first kappa shape index (κ1) is 13.4. The first-order valence-electron chi connectivity index (χ1n) is 6.28. The Morgan fingerprint density at radius 3 is 2.48 bits per heavy atom. The molecule has 2 aromatic carbocycles. The van der Waals surface area contributed by atoms with E-state index in [1.165, 1.54) is 0 Å². The summed E-state index contributed by atoms with van der Waals surface area (Å²) in [6.45, 7) is 0. The van der Waals surface area contributed by atoms with Crippen LogP contribution in [0.2, 0.25) is 5.02 Å². The summed E-state index contributed by atoms with van der Waals surface area (Å²) in [6.07, 6.45) is 3.49. The van der Waals surface area contributed by atoms with Crippen LogP contribution in [0.25, 0.3) is 16.8 Å². The van der Waals surface area contributed by atoms with Crippen molar-refractivity contribution in [2.75, 3.05) is 0 Å². The van der Waals surface area contributed by atoms with Crippen LogP contribution in [0.4, 0.5) is 0 Å². The van der Waals surface area contributed by atoms with Gasteiger partial charge in [0.15, 0.2) is 0 Å². The van der Waals surface area contributed by atoms with Gasteiger partial charge in [0.05, 0.1) is 17.4 Å². The first-order chi connectivity index (χ1) is 10.1. The molecular formula is C16H11ClN2O2. The highest BCUT2D eigenvalue weighted by molar-refractivity contribution is 6.30. The lowest BCUT2D eigenvalue weighted by Gasteiger charge is -2.05. The van der Waals surface area contributed by atoms with E-state index in [9.17, 15) is 9.90 Å². The Bertz CT molecular complexity index is 794. The van der Waals surface area contributed by atoms with Gasteiger partial charge < -0.3 is 5.11 Å². The molecule has 21 heavy (non-hydrogen) atoms. The number of carboxylic acid groups (broad SMARTS) is 1. The van der Waals surface area contributed by atoms with E-state index < -0.39 is 5.97 Å². The monoisotopic (exact) mass is 298 g/mol. The Kier molecular flexibility index (Phi) is 3.46. The average Bonchev–Trinajstić information content (AvgIpc) is 2.97. The molecule has 0 amide bonds. The van der Waals surface area contributed by atoms with Crippen molar-refractivity contribution in [1.82, 2.24) is 9.78 Å². The van der Waals surface area contributed by atoms with Crippen LogP contribution in [-0.4, -0.2) is 20.9 Å². The number of benzene rings is 2. The Morgan fingerprint density at radius 2 is 1.76 bits per heavy atom. The summed E-state index contributed by atoms with van der Waals surface area (Å²) < 4.78 is 1.56. The van der Waals surface area contributed by atoms with Crippen molar-refractivity contribution in [2.24, 2.45) is 0 Å². The minimum atomic E-state index is -0.978. The second-order valence-electron chi connectivity index (χ2n) is 4.50. The molecule has 0 aliphatic rings. The van der Waals surface area contributed by atoms with E-state index in [0.29, 0.717) is 10.7 Å².